The van der Waals surface area contributed by atoms with E-state index in [0.29, 0.717) is 5.69 Å². The zero-order chi connectivity index (χ0) is 15.6. The Kier molecular flexibility index (Phi) is 4.30. The summed E-state index contributed by atoms with van der Waals surface area (Å²) in [5.41, 5.74) is -0.594. The van der Waals surface area contributed by atoms with Crippen LogP contribution in [0.2, 0.25) is 10.0 Å². The van der Waals surface area contributed by atoms with Gasteiger partial charge in [-0.15, -0.1) is 0 Å². The second-order valence-electron chi connectivity index (χ2n) is 3.99. The molecule has 0 aromatic heterocycles. The van der Waals surface area contributed by atoms with Gasteiger partial charge < -0.3 is 10.4 Å². The molecule has 2 rings (SSSR count). The highest BCUT2D eigenvalue weighted by atomic mass is 35.5. The van der Waals surface area contributed by atoms with Crippen molar-refractivity contribution in [3.8, 4) is 0 Å². The van der Waals surface area contributed by atoms with Crippen molar-refractivity contribution in [1.29, 1.82) is 0 Å². The molecular weight excluding hydrogens is 319 g/mol. The quantitative estimate of drug-likeness (QED) is 0.643. The molecule has 0 unspecified atom stereocenters. The molecule has 2 aromatic carbocycles. The van der Waals surface area contributed by atoms with Crippen LogP contribution in [0.25, 0.3) is 0 Å². The number of benzene rings is 2. The third-order valence-corrected chi connectivity index (χ3v) is 3.49. The van der Waals surface area contributed by atoms with E-state index in [1.165, 1.54) is 12.1 Å². The Hall–Kier alpha value is -2.31. The second kappa shape index (κ2) is 5.99. The van der Waals surface area contributed by atoms with E-state index < -0.39 is 22.1 Å². The van der Waals surface area contributed by atoms with Crippen LogP contribution in [0.15, 0.2) is 36.4 Å². The third-order valence-electron chi connectivity index (χ3n) is 2.67. The number of carboxylic acid groups (broad SMARTS) is 1. The van der Waals surface area contributed by atoms with Crippen LogP contribution in [0.3, 0.4) is 0 Å². The molecule has 0 aliphatic heterocycles. The Bertz CT molecular complexity index is 734. The first kappa shape index (κ1) is 15.1. The molecule has 108 valence electrons. The Balaban J connectivity index is 2.54. The number of anilines is 2. The van der Waals surface area contributed by atoms with Gasteiger partial charge in [-0.3, -0.25) is 10.1 Å². The fourth-order valence-electron chi connectivity index (χ4n) is 1.76. The molecule has 0 atom stereocenters. The van der Waals surface area contributed by atoms with Crippen molar-refractivity contribution in [1.82, 2.24) is 0 Å². The summed E-state index contributed by atoms with van der Waals surface area (Å²) in [5.74, 6) is -1.39. The maximum Gasteiger partial charge on any atom is 0.342 e. The Morgan fingerprint density at radius 3 is 2.38 bits per heavy atom. The zero-order valence-corrected chi connectivity index (χ0v) is 11.9. The van der Waals surface area contributed by atoms with Gasteiger partial charge in [0.2, 0.25) is 0 Å². The lowest BCUT2D eigenvalue weighted by Crippen LogP contribution is -2.05. The number of hydrogen-bond acceptors (Lipinski definition) is 4. The molecule has 8 heteroatoms. The summed E-state index contributed by atoms with van der Waals surface area (Å²) < 4.78 is 0. The van der Waals surface area contributed by atoms with Gasteiger partial charge in [0.05, 0.1) is 20.7 Å². The Morgan fingerprint density at radius 2 is 1.76 bits per heavy atom. The molecule has 2 N–H and O–H groups in total. The highest BCUT2D eigenvalue weighted by Crippen LogP contribution is 2.36. The molecule has 0 heterocycles. The molecule has 6 nitrogen and oxygen atoms in total. The largest absolute Gasteiger partial charge is 0.477 e. The Labute approximate surface area is 129 Å². The van der Waals surface area contributed by atoms with Crippen LogP contribution in [0.5, 0.6) is 0 Å². The average Bonchev–Trinajstić information content (AvgIpc) is 2.43. The lowest BCUT2D eigenvalue weighted by Gasteiger charge is -2.10. The number of para-hydroxylation sites is 1. The molecule has 0 radical (unpaired) electrons. The van der Waals surface area contributed by atoms with E-state index in [1.807, 2.05) is 0 Å². The molecule has 21 heavy (non-hydrogen) atoms. The predicted molar refractivity (Wildman–Crippen MR) is 79.8 cm³/mol. The molecule has 0 amide bonds. The normalized spacial score (nSPS) is 10.2. The van der Waals surface area contributed by atoms with Crippen molar-refractivity contribution in [2.75, 3.05) is 5.32 Å². The van der Waals surface area contributed by atoms with Gasteiger partial charge in [-0.05, 0) is 24.3 Å². The minimum absolute atomic E-state index is 0.0177. The van der Waals surface area contributed by atoms with Crippen molar-refractivity contribution < 1.29 is 14.8 Å². The van der Waals surface area contributed by atoms with Gasteiger partial charge in [-0.2, -0.15) is 0 Å². The second-order valence-corrected chi connectivity index (χ2v) is 4.78. The van der Waals surface area contributed by atoms with Gasteiger partial charge in [-0.25, -0.2) is 4.79 Å². The molecule has 0 saturated carbocycles. The van der Waals surface area contributed by atoms with Crippen LogP contribution in [-0.2, 0) is 0 Å². The van der Waals surface area contributed by atoms with Crippen LogP contribution >= 0.6 is 23.2 Å². The first-order chi connectivity index (χ1) is 9.91. The summed E-state index contributed by atoms with van der Waals surface area (Å²) in [4.78, 5) is 21.4. The number of nitrogens with zero attached hydrogens (tertiary/aromatic N) is 1. The van der Waals surface area contributed by atoms with Gasteiger partial charge in [0.25, 0.3) is 0 Å². The van der Waals surface area contributed by atoms with Crippen LogP contribution in [0.1, 0.15) is 10.4 Å². The molecule has 0 aliphatic carbocycles. The number of nitro groups is 1. The number of nitro benzene ring substituents is 1. The summed E-state index contributed by atoms with van der Waals surface area (Å²) in [5, 5.41) is 23.4. The maximum atomic E-state index is 11.1. The van der Waals surface area contributed by atoms with Crippen LogP contribution in [0, 0.1) is 10.1 Å². The van der Waals surface area contributed by atoms with E-state index in [2.05, 4.69) is 5.32 Å². The van der Waals surface area contributed by atoms with Gasteiger partial charge in [0, 0.05) is 0 Å². The zero-order valence-electron chi connectivity index (χ0n) is 10.3. The maximum absolute atomic E-state index is 11.1. The van der Waals surface area contributed by atoms with E-state index in [0.717, 1.165) is 6.07 Å². The van der Waals surface area contributed by atoms with Gasteiger partial charge in [0.1, 0.15) is 11.3 Å². The minimum atomic E-state index is -1.39. The smallest absolute Gasteiger partial charge is 0.342 e. The van der Waals surface area contributed by atoms with Crippen molar-refractivity contribution in [3.63, 3.8) is 0 Å². The number of aromatic carboxylic acids is 1. The van der Waals surface area contributed by atoms with E-state index >= 15 is 0 Å². The van der Waals surface area contributed by atoms with E-state index in [4.69, 9.17) is 28.3 Å². The molecule has 0 fully saturated rings. The topological polar surface area (TPSA) is 92.5 Å². The van der Waals surface area contributed by atoms with Gasteiger partial charge >= 0.3 is 11.7 Å². The van der Waals surface area contributed by atoms with Gasteiger partial charge in [0.15, 0.2) is 0 Å². The number of nitrogens with one attached hydrogen (secondary N) is 1. The summed E-state index contributed by atoms with van der Waals surface area (Å²) in [6, 6.07) is 8.70. The fourth-order valence-corrected chi connectivity index (χ4v) is 2.11. The Morgan fingerprint density at radius 1 is 1.14 bits per heavy atom. The third kappa shape index (κ3) is 3.07. The van der Waals surface area contributed by atoms with Gasteiger partial charge in [-0.1, -0.05) is 35.3 Å². The molecule has 0 spiro atoms. The number of carbonyl (C=O) groups is 1. The number of rotatable bonds is 4. The molecular formula is C13H8Cl2N2O4. The number of halogens is 2. The molecule has 0 bridgehead atoms. The van der Waals surface area contributed by atoms with Crippen LogP contribution in [0.4, 0.5) is 17.1 Å². The summed E-state index contributed by atoms with van der Waals surface area (Å²) in [7, 11) is 0. The lowest BCUT2D eigenvalue weighted by molar-refractivity contribution is -0.384. The average molecular weight is 327 g/mol. The fraction of sp³-hybridized carbons (Fsp3) is 0. The molecule has 2 aromatic rings. The SMILES string of the molecule is O=C(O)c1cccc(Nc2cccc(Cl)c2Cl)c1[N+](=O)[O-]. The number of hydrogen-bond donors (Lipinski definition) is 2. The van der Waals surface area contributed by atoms with E-state index in [9.17, 15) is 14.9 Å². The summed E-state index contributed by atoms with van der Waals surface area (Å²) >= 11 is 11.9. The lowest BCUT2D eigenvalue weighted by atomic mass is 10.1. The van der Waals surface area contributed by atoms with E-state index in [-0.39, 0.29) is 15.7 Å². The molecule has 0 saturated heterocycles. The summed E-state index contributed by atoms with van der Waals surface area (Å²) in [6.45, 7) is 0. The van der Waals surface area contributed by atoms with Crippen LogP contribution < -0.4 is 5.32 Å². The van der Waals surface area contributed by atoms with Crippen molar-refractivity contribution >= 4 is 46.2 Å². The standard InChI is InChI=1S/C13H8Cl2N2O4/c14-8-4-2-5-9(11(8)15)16-10-6-1-3-7(13(18)19)12(10)17(20)21/h1-6,16H,(H,18,19). The first-order valence-electron chi connectivity index (χ1n) is 5.63. The predicted octanol–water partition coefficient (Wildman–Crippen LogP) is 4.34. The minimum Gasteiger partial charge on any atom is -0.477 e. The van der Waals surface area contributed by atoms with E-state index in [1.54, 1.807) is 18.2 Å². The van der Waals surface area contributed by atoms with Crippen molar-refractivity contribution in [2.24, 2.45) is 0 Å². The number of carboxylic acids is 1. The van der Waals surface area contributed by atoms with Crippen molar-refractivity contribution in [2.45, 2.75) is 0 Å². The van der Waals surface area contributed by atoms with Crippen molar-refractivity contribution in [3.05, 3.63) is 62.1 Å². The first-order valence-corrected chi connectivity index (χ1v) is 6.39. The highest BCUT2D eigenvalue weighted by Gasteiger charge is 2.24. The summed E-state index contributed by atoms with van der Waals surface area (Å²) in [6.07, 6.45) is 0. The highest BCUT2D eigenvalue weighted by molar-refractivity contribution is 6.43. The molecule has 0 aliphatic rings. The van der Waals surface area contributed by atoms with Crippen LogP contribution in [-0.4, -0.2) is 16.0 Å². The monoisotopic (exact) mass is 326 g/mol.